The predicted molar refractivity (Wildman–Crippen MR) is 235 cm³/mol. The van der Waals surface area contributed by atoms with Gasteiger partial charge in [-0.2, -0.15) is 4.98 Å². The molecule has 302 valence electrons. The molecule has 1 saturated heterocycles. The molecule has 1 aliphatic rings. The predicted octanol–water partition coefficient (Wildman–Crippen LogP) is 6.46. The molecule has 0 saturated carbocycles. The van der Waals surface area contributed by atoms with E-state index in [-0.39, 0.29) is 11.9 Å². The minimum Gasteiger partial charge on any atom is -0.467 e. The van der Waals surface area contributed by atoms with E-state index in [2.05, 4.69) is 32.9 Å². The standard InChI is InChI=1S/C42H49IN6O7S/c1-47(2)37-16-8-15-35-34(37)14-9-17-38(35)49(57(51)52)32-13-7-12-31(28-32)36-29-45-42(44-20-23-55-25-27-56-26-24-54-22-19-43)46-40(36)48-21-18-33(39(48)41(50)53-3)30-10-5-4-6-11-30/h4-17,28-29,33,39,57H,18-27H2,1-3H3,(H,44,45,46). The molecule has 13 nitrogen and oxygen atoms in total. The first-order valence-corrected chi connectivity index (χ1v) is 21.5. The summed E-state index contributed by atoms with van der Waals surface area (Å²) in [6.07, 6.45) is 2.41. The Morgan fingerprint density at radius 1 is 0.860 bits per heavy atom. The van der Waals surface area contributed by atoms with Crippen molar-refractivity contribution in [1.29, 1.82) is 0 Å². The maximum absolute atomic E-state index is 13.6. The summed E-state index contributed by atoms with van der Waals surface area (Å²) >= 11 is 2.27. The Bertz CT molecular complexity index is 2170. The van der Waals surface area contributed by atoms with E-state index >= 15 is 0 Å². The summed E-state index contributed by atoms with van der Waals surface area (Å²) in [4.78, 5) is 27.3. The molecule has 2 unspecified atom stereocenters. The number of ether oxygens (including phenoxy) is 4. The molecule has 2 heterocycles. The zero-order chi connectivity index (χ0) is 40.1. The van der Waals surface area contributed by atoms with Crippen LogP contribution < -0.4 is 19.4 Å². The van der Waals surface area contributed by atoms with Gasteiger partial charge in [-0.05, 0) is 41.8 Å². The Labute approximate surface area is 349 Å². The zero-order valence-electron chi connectivity index (χ0n) is 32.4. The second kappa shape index (κ2) is 20.7. The molecule has 2 atom stereocenters. The zero-order valence-corrected chi connectivity index (χ0v) is 35.4. The normalized spacial score (nSPS) is 15.3. The number of aromatic nitrogens is 2. The number of thiol groups is 1. The lowest BCUT2D eigenvalue weighted by atomic mass is 9.91. The van der Waals surface area contributed by atoms with Crippen LogP contribution in [-0.4, -0.2) is 109 Å². The molecule has 5 aromatic rings. The van der Waals surface area contributed by atoms with Crippen LogP contribution in [0, 0.1) is 0 Å². The van der Waals surface area contributed by atoms with Crippen LogP contribution in [0.15, 0.2) is 97.2 Å². The number of halogens is 1. The van der Waals surface area contributed by atoms with E-state index in [1.165, 1.54) is 11.4 Å². The van der Waals surface area contributed by atoms with Crippen molar-refractivity contribution in [3.05, 3.63) is 103 Å². The highest BCUT2D eigenvalue weighted by atomic mass is 127. The van der Waals surface area contributed by atoms with Crippen molar-refractivity contribution < 1.29 is 32.2 Å². The third-order valence-electron chi connectivity index (χ3n) is 9.76. The number of alkyl halides is 1. The lowest BCUT2D eigenvalue weighted by Crippen LogP contribution is -2.40. The summed E-state index contributed by atoms with van der Waals surface area (Å²) < 4.78 is 50.7. The SMILES string of the molecule is COC(=O)C1C(c2ccccc2)CCN1c1nc(NCCOCCOCCOCCI)ncc1-c1cccc(N(c2cccc3c(N(C)C)cccc23)[SH](=O)=O)c1. The van der Waals surface area contributed by atoms with Gasteiger partial charge >= 0.3 is 5.97 Å². The van der Waals surface area contributed by atoms with Gasteiger partial charge in [-0.15, -0.1) is 0 Å². The molecule has 0 amide bonds. The number of nitrogens with zero attached hydrogens (tertiary/aromatic N) is 5. The van der Waals surface area contributed by atoms with Crippen LogP contribution in [0.4, 0.5) is 28.8 Å². The van der Waals surface area contributed by atoms with Crippen LogP contribution >= 0.6 is 22.6 Å². The second-order valence-corrected chi connectivity index (χ2v) is 15.4. The number of fused-ring (bicyclic) bond motifs is 1. The Morgan fingerprint density at radius 3 is 2.21 bits per heavy atom. The highest BCUT2D eigenvalue weighted by molar-refractivity contribution is 14.1. The lowest BCUT2D eigenvalue weighted by Gasteiger charge is -2.29. The number of hydrogen-bond acceptors (Lipinski definition) is 12. The Balaban J connectivity index is 1.32. The number of nitrogens with one attached hydrogen (secondary N) is 1. The molecule has 1 fully saturated rings. The molecule has 6 rings (SSSR count). The Morgan fingerprint density at radius 2 is 1.53 bits per heavy atom. The lowest BCUT2D eigenvalue weighted by molar-refractivity contribution is -0.142. The Kier molecular flexibility index (Phi) is 15.3. The van der Waals surface area contributed by atoms with Crippen molar-refractivity contribution in [2.24, 2.45) is 0 Å². The molecule has 0 bridgehead atoms. The average molecular weight is 909 g/mol. The van der Waals surface area contributed by atoms with E-state index in [0.29, 0.717) is 93.4 Å². The first-order valence-electron chi connectivity index (χ1n) is 18.9. The highest BCUT2D eigenvalue weighted by Gasteiger charge is 2.42. The number of esters is 1. The summed E-state index contributed by atoms with van der Waals surface area (Å²) in [5, 5.41) is 4.99. The van der Waals surface area contributed by atoms with E-state index in [4.69, 9.17) is 23.9 Å². The first kappa shape index (κ1) is 42.1. The van der Waals surface area contributed by atoms with Crippen LogP contribution in [0.1, 0.15) is 17.9 Å². The van der Waals surface area contributed by atoms with Gasteiger partial charge in [-0.1, -0.05) is 89.3 Å². The van der Waals surface area contributed by atoms with Gasteiger partial charge in [0.15, 0.2) is 0 Å². The monoisotopic (exact) mass is 908 g/mol. The maximum Gasteiger partial charge on any atom is 0.329 e. The fraction of sp³-hybridized carbons (Fsp3) is 0.357. The maximum atomic E-state index is 13.6. The van der Waals surface area contributed by atoms with Crippen LogP contribution in [0.25, 0.3) is 21.9 Å². The van der Waals surface area contributed by atoms with Gasteiger partial charge in [0, 0.05) is 65.8 Å². The van der Waals surface area contributed by atoms with E-state index in [1.807, 2.05) is 109 Å². The molecule has 0 spiro atoms. The van der Waals surface area contributed by atoms with Crippen molar-refractivity contribution >= 4 is 79.1 Å². The molecule has 0 radical (unpaired) electrons. The van der Waals surface area contributed by atoms with E-state index in [0.717, 1.165) is 26.5 Å². The number of benzene rings is 4. The molecule has 0 aliphatic carbocycles. The van der Waals surface area contributed by atoms with Gasteiger partial charge in [-0.25, -0.2) is 22.5 Å². The van der Waals surface area contributed by atoms with E-state index in [9.17, 15) is 13.2 Å². The van der Waals surface area contributed by atoms with E-state index in [1.54, 1.807) is 12.3 Å². The van der Waals surface area contributed by atoms with Crippen LogP contribution in [0.5, 0.6) is 0 Å². The number of carbonyl (C=O) groups excluding carboxylic acids is 1. The van der Waals surface area contributed by atoms with Crippen LogP contribution in [-0.2, 0) is 34.6 Å². The third-order valence-corrected chi connectivity index (χ3v) is 11.0. The molecular weight excluding hydrogens is 859 g/mol. The number of anilines is 5. The number of hydrogen-bond donors (Lipinski definition) is 2. The Hall–Kier alpha value is -4.55. The van der Waals surface area contributed by atoms with Crippen molar-refractivity contribution in [3.63, 3.8) is 0 Å². The molecular formula is C42H49IN6O7S. The molecule has 4 aromatic carbocycles. The van der Waals surface area contributed by atoms with Gasteiger partial charge in [0.05, 0.1) is 58.1 Å². The van der Waals surface area contributed by atoms with Crippen molar-refractivity contribution in [3.8, 4) is 11.1 Å². The van der Waals surface area contributed by atoms with Gasteiger partial charge in [0.1, 0.15) is 11.9 Å². The quantitative estimate of drug-likeness (QED) is 0.0292. The van der Waals surface area contributed by atoms with Gasteiger partial charge < -0.3 is 34.1 Å². The first-order chi connectivity index (χ1) is 27.8. The number of rotatable bonds is 20. The smallest absolute Gasteiger partial charge is 0.329 e. The molecule has 15 heteroatoms. The topological polar surface area (TPSA) is 136 Å². The van der Waals surface area contributed by atoms with Crippen LogP contribution in [0.3, 0.4) is 0 Å². The van der Waals surface area contributed by atoms with Gasteiger partial charge in [-0.3, -0.25) is 0 Å². The number of methoxy groups -OCH3 is 1. The van der Waals surface area contributed by atoms with Crippen LogP contribution in [0.2, 0.25) is 0 Å². The fourth-order valence-electron chi connectivity index (χ4n) is 7.18. The summed E-state index contributed by atoms with van der Waals surface area (Å²) in [5.74, 6) is 0.372. The van der Waals surface area contributed by atoms with Crippen molar-refractivity contribution in [1.82, 2.24) is 9.97 Å². The second-order valence-electron chi connectivity index (χ2n) is 13.5. The molecule has 1 N–H and O–H groups in total. The van der Waals surface area contributed by atoms with Gasteiger partial charge in [0.25, 0.3) is 0 Å². The summed E-state index contributed by atoms with van der Waals surface area (Å²) in [5.41, 5.74) is 4.30. The molecule has 1 aromatic heterocycles. The molecule has 1 aliphatic heterocycles. The van der Waals surface area contributed by atoms with E-state index < -0.39 is 16.9 Å². The van der Waals surface area contributed by atoms with Crippen molar-refractivity contribution in [2.75, 3.05) is 97.8 Å². The minimum atomic E-state index is -3.10. The average Bonchev–Trinajstić information content (AvgIpc) is 3.68. The minimum absolute atomic E-state index is 0.143. The van der Waals surface area contributed by atoms with Gasteiger partial charge in [0.2, 0.25) is 16.8 Å². The third kappa shape index (κ3) is 10.3. The number of carbonyl (C=O) groups is 1. The summed E-state index contributed by atoms with van der Waals surface area (Å²) in [6.45, 7) is 4.05. The fourth-order valence-corrected chi connectivity index (χ4v) is 8.16. The summed E-state index contributed by atoms with van der Waals surface area (Å²) in [7, 11) is 2.22. The van der Waals surface area contributed by atoms with Crippen molar-refractivity contribution in [2.45, 2.75) is 18.4 Å². The highest BCUT2D eigenvalue weighted by Crippen LogP contribution is 2.42. The largest absolute Gasteiger partial charge is 0.467 e. The molecule has 57 heavy (non-hydrogen) atoms. The summed E-state index contributed by atoms with van der Waals surface area (Å²) in [6, 6.07) is 28.1.